The van der Waals surface area contributed by atoms with Crippen molar-refractivity contribution in [2.24, 2.45) is 0 Å². The molecule has 3 heterocycles. The van der Waals surface area contributed by atoms with Crippen LogP contribution in [0.3, 0.4) is 0 Å². The molecule has 6 heteroatoms. The molecule has 0 fully saturated rings. The van der Waals surface area contributed by atoms with Crippen LogP contribution in [0, 0.1) is 0 Å². The maximum atomic E-state index is 12.3. The number of hydrogen-bond acceptors (Lipinski definition) is 2. The Hall–Kier alpha value is -3.93. The van der Waals surface area contributed by atoms with Gasteiger partial charge >= 0.3 is 5.97 Å². The maximum absolute atomic E-state index is 12.3. The Kier molecular flexibility index (Phi) is 3.96. The van der Waals surface area contributed by atoms with Crippen LogP contribution in [0.15, 0.2) is 60.9 Å². The number of aromatic amines is 2. The summed E-state index contributed by atoms with van der Waals surface area (Å²) < 4.78 is 1.58. The minimum atomic E-state index is -0.978. The van der Waals surface area contributed by atoms with E-state index in [1.165, 1.54) is 0 Å². The molecule has 0 aliphatic heterocycles. The Morgan fingerprint density at radius 1 is 1.03 bits per heavy atom. The van der Waals surface area contributed by atoms with Crippen molar-refractivity contribution in [3.8, 4) is 22.4 Å². The number of carbonyl (C=O) groups is 1. The van der Waals surface area contributed by atoms with Gasteiger partial charge in [-0.15, -0.1) is 0 Å². The van der Waals surface area contributed by atoms with E-state index in [0.29, 0.717) is 0 Å². The summed E-state index contributed by atoms with van der Waals surface area (Å²) in [5, 5.41) is 12.0. The molecular formula is C24H22N4O2. The third kappa shape index (κ3) is 2.54. The highest BCUT2D eigenvalue weighted by molar-refractivity contribution is 6.06. The van der Waals surface area contributed by atoms with Crippen molar-refractivity contribution in [2.75, 3.05) is 5.84 Å². The second-order valence-corrected chi connectivity index (χ2v) is 7.83. The normalized spacial score (nSPS) is 11.7. The monoisotopic (exact) mass is 398 g/mol. The number of aromatic nitrogens is 3. The van der Waals surface area contributed by atoms with Crippen LogP contribution in [-0.2, 0) is 0 Å². The van der Waals surface area contributed by atoms with Crippen LogP contribution in [0.1, 0.15) is 35.8 Å². The number of aromatic carboxylic acids is 1. The van der Waals surface area contributed by atoms with Gasteiger partial charge in [-0.05, 0) is 41.3 Å². The molecule has 0 bridgehead atoms. The number of carboxylic acids is 1. The number of benzene rings is 2. The fraction of sp³-hybridized carbons (Fsp3) is 0.125. The van der Waals surface area contributed by atoms with Gasteiger partial charge in [-0.1, -0.05) is 38.1 Å². The first kappa shape index (κ1) is 18.1. The van der Waals surface area contributed by atoms with E-state index in [1.54, 1.807) is 4.68 Å². The molecule has 0 aliphatic carbocycles. The molecule has 0 unspecified atom stereocenters. The van der Waals surface area contributed by atoms with Gasteiger partial charge < -0.3 is 20.9 Å². The van der Waals surface area contributed by atoms with Crippen molar-refractivity contribution in [1.29, 1.82) is 0 Å². The number of nitrogens with zero attached hydrogens (tertiary/aromatic N) is 1. The number of fused-ring (bicyclic) bond motifs is 2. The van der Waals surface area contributed by atoms with Crippen molar-refractivity contribution in [1.82, 2.24) is 14.6 Å². The summed E-state index contributed by atoms with van der Waals surface area (Å²) in [6.07, 6.45) is 3.69. The zero-order valence-corrected chi connectivity index (χ0v) is 16.7. The van der Waals surface area contributed by atoms with Crippen LogP contribution in [-0.4, -0.2) is 25.7 Å². The third-order valence-corrected chi connectivity index (χ3v) is 5.73. The first-order valence-corrected chi connectivity index (χ1v) is 9.88. The van der Waals surface area contributed by atoms with E-state index < -0.39 is 5.97 Å². The number of H-pyrrole nitrogens is 2. The zero-order chi connectivity index (χ0) is 21.0. The lowest BCUT2D eigenvalue weighted by Crippen LogP contribution is -2.04. The Morgan fingerprint density at radius 3 is 2.57 bits per heavy atom. The molecule has 0 saturated carbocycles. The third-order valence-electron chi connectivity index (χ3n) is 5.73. The van der Waals surface area contributed by atoms with Gasteiger partial charge in [0.15, 0.2) is 0 Å². The van der Waals surface area contributed by atoms with E-state index in [4.69, 9.17) is 5.84 Å². The standard InChI is InChI=1S/C24H22N4O2/c1-13(2)20-21(16-5-3-7-18-14(16)9-11-26-18)23(24(29)30)27-22(20)17-6-4-8-19-15(17)10-12-28(19)25/h3-13,26-27H,25H2,1-2H3,(H,29,30). The Balaban J connectivity index is 1.90. The number of nitrogens with one attached hydrogen (secondary N) is 2. The quantitative estimate of drug-likeness (QED) is 0.308. The predicted molar refractivity (Wildman–Crippen MR) is 120 cm³/mol. The molecule has 5 aromatic rings. The molecule has 0 saturated heterocycles. The average Bonchev–Trinajstić information content (AvgIpc) is 3.44. The molecule has 0 aliphatic rings. The molecule has 0 spiro atoms. The van der Waals surface area contributed by atoms with Gasteiger partial charge in [0.05, 0.1) is 11.2 Å². The van der Waals surface area contributed by atoms with E-state index in [9.17, 15) is 9.90 Å². The van der Waals surface area contributed by atoms with E-state index in [2.05, 4.69) is 23.8 Å². The van der Waals surface area contributed by atoms with Gasteiger partial charge in [-0.2, -0.15) is 0 Å². The fourth-order valence-electron chi connectivity index (χ4n) is 4.45. The van der Waals surface area contributed by atoms with Gasteiger partial charge in [0.1, 0.15) is 5.69 Å². The Labute approximate surface area is 172 Å². The van der Waals surface area contributed by atoms with Gasteiger partial charge in [0, 0.05) is 39.8 Å². The van der Waals surface area contributed by atoms with Crippen molar-refractivity contribution in [3.63, 3.8) is 0 Å². The van der Waals surface area contributed by atoms with Crippen LogP contribution in [0.4, 0.5) is 0 Å². The number of rotatable bonds is 4. The molecule has 2 aromatic carbocycles. The summed E-state index contributed by atoms with van der Waals surface area (Å²) >= 11 is 0. The summed E-state index contributed by atoms with van der Waals surface area (Å²) in [7, 11) is 0. The average molecular weight is 398 g/mol. The predicted octanol–water partition coefficient (Wildman–Crippen LogP) is 5.32. The van der Waals surface area contributed by atoms with Crippen molar-refractivity contribution < 1.29 is 9.90 Å². The summed E-state index contributed by atoms with van der Waals surface area (Å²) in [6, 6.07) is 15.8. The minimum Gasteiger partial charge on any atom is -0.477 e. The fourth-order valence-corrected chi connectivity index (χ4v) is 4.45. The van der Waals surface area contributed by atoms with E-state index in [-0.39, 0.29) is 11.6 Å². The van der Waals surface area contributed by atoms with Crippen molar-refractivity contribution in [3.05, 3.63) is 72.2 Å². The molecule has 5 rings (SSSR count). The van der Waals surface area contributed by atoms with Crippen molar-refractivity contribution in [2.45, 2.75) is 19.8 Å². The number of carboxylic acid groups (broad SMARTS) is 1. The maximum Gasteiger partial charge on any atom is 0.352 e. The number of nitrogen functional groups attached to an aromatic ring is 1. The van der Waals surface area contributed by atoms with Crippen LogP contribution in [0.5, 0.6) is 0 Å². The molecule has 0 radical (unpaired) electrons. The molecule has 0 amide bonds. The highest BCUT2D eigenvalue weighted by Gasteiger charge is 2.27. The Bertz CT molecular complexity index is 1420. The van der Waals surface area contributed by atoms with Crippen LogP contribution < -0.4 is 5.84 Å². The molecule has 6 nitrogen and oxygen atoms in total. The second kappa shape index (κ2) is 6.56. The molecule has 3 aromatic heterocycles. The van der Waals surface area contributed by atoms with Crippen LogP contribution in [0.25, 0.3) is 44.2 Å². The number of nitrogens with two attached hydrogens (primary N) is 1. The highest BCUT2D eigenvalue weighted by Crippen LogP contribution is 2.43. The van der Waals surface area contributed by atoms with Gasteiger partial charge in [-0.3, -0.25) is 4.68 Å². The smallest absolute Gasteiger partial charge is 0.352 e. The lowest BCUT2D eigenvalue weighted by molar-refractivity contribution is 0.0692. The summed E-state index contributed by atoms with van der Waals surface area (Å²) in [5.74, 6) is 5.18. The minimum absolute atomic E-state index is 0.101. The lowest BCUT2D eigenvalue weighted by Gasteiger charge is -2.13. The molecular weight excluding hydrogens is 376 g/mol. The van der Waals surface area contributed by atoms with Crippen molar-refractivity contribution >= 4 is 27.8 Å². The summed E-state index contributed by atoms with van der Waals surface area (Å²) in [6.45, 7) is 4.18. The second-order valence-electron chi connectivity index (χ2n) is 7.83. The highest BCUT2D eigenvalue weighted by atomic mass is 16.4. The molecule has 0 atom stereocenters. The topological polar surface area (TPSA) is 99.8 Å². The SMILES string of the molecule is CC(C)c1c(-c2cccc3c2ccn3N)[nH]c(C(=O)O)c1-c1cccc2[nH]ccc12. The summed E-state index contributed by atoms with van der Waals surface area (Å²) in [4.78, 5) is 18.8. The Morgan fingerprint density at radius 2 is 1.80 bits per heavy atom. The van der Waals surface area contributed by atoms with Crippen LogP contribution in [0.2, 0.25) is 0 Å². The first-order chi connectivity index (χ1) is 14.5. The van der Waals surface area contributed by atoms with E-state index in [1.807, 2.05) is 60.9 Å². The lowest BCUT2D eigenvalue weighted by atomic mass is 9.89. The van der Waals surface area contributed by atoms with E-state index in [0.717, 1.165) is 49.8 Å². The summed E-state index contributed by atoms with van der Waals surface area (Å²) in [5.41, 5.74) is 6.46. The first-order valence-electron chi connectivity index (χ1n) is 9.88. The largest absolute Gasteiger partial charge is 0.477 e. The van der Waals surface area contributed by atoms with Gasteiger partial charge in [0.2, 0.25) is 0 Å². The van der Waals surface area contributed by atoms with Gasteiger partial charge in [-0.25, -0.2) is 4.79 Å². The molecule has 30 heavy (non-hydrogen) atoms. The van der Waals surface area contributed by atoms with Crippen LogP contribution >= 0.6 is 0 Å². The zero-order valence-electron chi connectivity index (χ0n) is 16.7. The van der Waals surface area contributed by atoms with E-state index >= 15 is 0 Å². The number of hydrogen-bond donors (Lipinski definition) is 4. The molecule has 150 valence electrons. The molecule has 5 N–H and O–H groups in total. The van der Waals surface area contributed by atoms with Gasteiger partial charge in [0.25, 0.3) is 0 Å².